The Kier molecular flexibility index (Phi) is 4.81. The second-order valence-corrected chi connectivity index (χ2v) is 6.42. The van der Waals surface area contributed by atoms with Gasteiger partial charge in [-0.3, -0.25) is 9.59 Å². The number of esters is 2. The third kappa shape index (κ3) is 2.56. The minimum Gasteiger partial charge on any atom is -0.393 e. The standard InChI is InChI=1S/C16H28O3/c1-7-15(5,8-2)11-12(14(18)19-13(11)17)16(6,9-3)10-4/h11-12H,7-10H2,1-6H3. The maximum Gasteiger partial charge on any atom is 0.318 e. The van der Waals surface area contributed by atoms with Crippen molar-refractivity contribution in [3.05, 3.63) is 0 Å². The van der Waals surface area contributed by atoms with Crippen LogP contribution in [0.25, 0.3) is 0 Å². The van der Waals surface area contributed by atoms with Crippen LogP contribution in [-0.4, -0.2) is 11.9 Å². The predicted molar refractivity (Wildman–Crippen MR) is 75.5 cm³/mol. The minimum atomic E-state index is -0.311. The monoisotopic (exact) mass is 268 g/mol. The Hall–Kier alpha value is -0.860. The maximum absolute atomic E-state index is 12.2. The summed E-state index contributed by atoms with van der Waals surface area (Å²) in [4.78, 5) is 24.4. The Morgan fingerprint density at radius 2 is 1.05 bits per heavy atom. The Bertz CT molecular complexity index is 317. The van der Waals surface area contributed by atoms with E-state index in [1.54, 1.807) is 0 Å². The average molecular weight is 268 g/mol. The van der Waals surface area contributed by atoms with Gasteiger partial charge in [-0.05, 0) is 36.5 Å². The molecule has 1 saturated heterocycles. The Morgan fingerprint density at radius 3 is 1.26 bits per heavy atom. The van der Waals surface area contributed by atoms with E-state index in [4.69, 9.17) is 4.74 Å². The highest BCUT2D eigenvalue weighted by molar-refractivity contribution is 5.97. The second-order valence-electron chi connectivity index (χ2n) is 6.42. The maximum atomic E-state index is 12.2. The van der Waals surface area contributed by atoms with Crippen LogP contribution in [0.4, 0.5) is 0 Å². The number of rotatable bonds is 6. The molecule has 0 radical (unpaired) electrons. The average Bonchev–Trinajstić information content (AvgIpc) is 2.72. The summed E-state index contributed by atoms with van der Waals surface area (Å²) in [6, 6.07) is 0. The van der Waals surface area contributed by atoms with Crippen molar-refractivity contribution in [1.82, 2.24) is 0 Å². The molecule has 2 atom stereocenters. The van der Waals surface area contributed by atoms with Gasteiger partial charge in [-0.2, -0.15) is 0 Å². The van der Waals surface area contributed by atoms with Gasteiger partial charge in [0.05, 0.1) is 11.8 Å². The summed E-state index contributed by atoms with van der Waals surface area (Å²) in [7, 11) is 0. The summed E-state index contributed by atoms with van der Waals surface area (Å²) in [6.07, 6.45) is 3.54. The number of carbonyl (C=O) groups excluding carboxylic acids is 2. The molecule has 0 amide bonds. The first-order valence-electron chi connectivity index (χ1n) is 7.55. The minimum absolute atomic E-state index is 0.153. The molecule has 1 aliphatic rings. The number of hydrogen-bond acceptors (Lipinski definition) is 3. The van der Waals surface area contributed by atoms with Crippen LogP contribution in [0.3, 0.4) is 0 Å². The molecule has 0 saturated carbocycles. The fraction of sp³-hybridized carbons (Fsp3) is 0.875. The lowest BCUT2D eigenvalue weighted by molar-refractivity contribution is -0.155. The smallest absolute Gasteiger partial charge is 0.318 e. The quantitative estimate of drug-likeness (QED) is 0.541. The summed E-state index contributed by atoms with van der Waals surface area (Å²) in [5.41, 5.74) is -0.307. The van der Waals surface area contributed by atoms with Crippen molar-refractivity contribution >= 4 is 11.9 Å². The molecule has 0 aromatic heterocycles. The molecule has 3 nitrogen and oxygen atoms in total. The normalized spacial score (nSPS) is 24.7. The summed E-state index contributed by atoms with van der Waals surface area (Å²) >= 11 is 0. The zero-order valence-electron chi connectivity index (χ0n) is 13.2. The second kappa shape index (κ2) is 5.64. The molecule has 0 aromatic rings. The number of ether oxygens (including phenoxy) is 1. The Balaban J connectivity index is 3.26. The molecule has 0 spiro atoms. The summed E-state index contributed by atoms with van der Waals surface area (Å²) in [5.74, 6) is -1.21. The van der Waals surface area contributed by atoms with E-state index in [2.05, 4.69) is 41.5 Å². The highest BCUT2D eigenvalue weighted by atomic mass is 16.6. The lowest BCUT2D eigenvalue weighted by Gasteiger charge is -2.40. The first-order valence-corrected chi connectivity index (χ1v) is 7.55. The molecule has 0 N–H and O–H groups in total. The van der Waals surface area contributed by atoms with Gasteiger partial charge in [0, 0.05) is 0 Å². The van der Waals surface area contributed by atoms with Gasteiger partial charge in [0.2, 0.25) is 0 Å². The predicted octanol–water partition coefficient (Wildman–Crippen LogP) is 3.95. The molecule has 3 heteroatoms. The van der Waals surface area contributed by atoms with Gasteiger partial charge in [-0.15, -0.1) is 0 Å². The van der Waals surface area contributed by atoms with Gasteiger partial charge < -0.3 is 4.74 Å². The van der Waals surface area contributed by atoms with E-state index in [-0.39, 0.29) is 34.6 Å². The molecule has 1 fully saturated rings. The van der Waals surface area contributed by atoms with Crippen molar-refractivity contribution < 1.29 is 14.3 Å². The number of hydrogen-bond donors (Lipinski definition) is 0. The van der Waals surface area contributed by atoms with Crippen molar-refractivity contribution in [3.63, 3.8) is 0 Å². The van der Waals surface area contributed by atoms with E-state index in [1.165, 1.54) is 0 Å². The summed E-state index contributed by atoms with van der Waals surface area (Å²) in [5, 5.41) is 0. The van der Waals surface area contributed by atoms with Crippen LogP contribution < -0.4 is 0 Å². The van der Waals surface area contributed by atoms with E-state index in [1.807, 2.05) is 0 Å². The van der Waals surface area contributed by atoms with Gasteiger partial charge in [0.1, 0.15) is 0 Å². The number of carbonyl (C=O) groups is 2. The third-order valence-electron chi connectivity index (χ3n) is 5.77. The molecular weight excluding hydrogens is 240 g/mol. The Labute approximate surface area is 117 Å². The van der Waals surface area contributed by atoms with Gasteiger partial charge in [0.25, 0.3) is 0 Å². The van der Waals surface area contributed by atoms with Crippen LogP contribution in [0.2, 0.25) is 0 Å². The van der Waals surface area contributed by atoms with Crippen LogP contribution in [0.1, 0.15) is 67.2 Å². The van der Waals surface area contributed by atoms with Crippen LogP contribution in [0.5, 0.6) is 0 Å². The molecule has 19 heavy (non-hydrogen) atoms. The molecule has 1 heterocycles. The van der Waals surface area contributed by atoms with Crippen molar-refractivity contribution in [2.24, 2.45) is 22.7 Å². The lowest BCUT2D eigenvalue weighted by atomic mass is 9.59. The van der Waals surface area contributed by atoms with Gasteiger partial charge in [-0.25, -0.2) is 0 Å². The molecule has 1 rings (SSSR count). The molecule has 0 aromatic carbocycles. The van der Waals surface area contributed by atoms with Crippen molar-refractivity contribution in [3.8, 4) is 0 Å². The van der Waals surface area contributed by atoms with Crippen LogP contribution in [0.15, 0.2) is 0 Å². The van der Waals surface area contributed by atoms with E-state index in [0.29, 0.717) is 0 Å². The van der Waals surface area contributed by atoms with Crippen molar-refractivity contribution in [1.29, 1.82) is 0 Å². The SMILES string of the molecule is CCC(C)(CC)C1C(=O)OC(=O)C1C(C)(CC)CC. The van der Waals surface area contributed by atoms with E-state index >= 15 is 0 Å². The third-order valence-corrected chi connectivity index (χ3v) is 5.77. The topological polar surface area (TPSA) is 43.4 Å². The Morgan fingerprint density at radius 1 is 0.789 bits per heavy atom. The van der Waals surface area contributed by atoms with Crippen LogP contribution in [-0.2, 0) is 14.3 Å². The molecule has 110 valence electrons. The first kappa shape index (κ1) is 16.2. The van der Waals surface area contributed by atoms with E-state index < -0.39 is 0 Å². The van der Waals surface area contributed by atoms with Crippen molar-refractivity contribution in [2.45, 2.75) is 67.2 Å². The largest absolute Gasteiger partial charge is 0.393 e. The summed E-state index contributed by atoms with van der Waals surface area (Å²) < 4.78 is 5.01. The zero-order valence-corrected chi connectivity index (χ0v) is 13.2. The van der Waals surface area contributed by atoms with Gasteiger partial charge in [-0.1, -0.05) is 41.5 Å². The van der Waals surface area contributed by atoms with Crippen molar-refractivity contribution in [2.75, 3.05) is 0 Å². The van der Waals surface area contributed by atoms with Gasteiger partial charge in [0.15, 0.2) is 0 Å². The lowest BCUT2D eigenvalue weighted by Crippen LogP contribution is -2.42. The molecule has 2 unspecified atom stereocenters. The zero-order chi connectivity index (χ0) is 14.8. The highest BCUT2D eigenvalue weighted by Crippen LogP contribution is 2.52. The van der Waals surface area contributed by atoms with Crippen LogP contribution >= 0.6 is 0 Å². The molecule has 0 bridgehead atoms. The first-order chi connectivity index (χ1) is 8.79. The number of cyclic esters (lactones) is 2. The highest BCUT2D eigenvalue weighted by Gasteiger charge is 2.57. The van der Waals surface area contributed by atoms with Crippen LogP contribution in [0, 0.1) is 22.7 Å². The molecular formula is C16H28O3. The molecule has 0 aliphatic carbocycles. The fourth-order valence-corrected chi connectivity index (χ4v) is 3.25. The summed E-state index contributed by atoms with van der Waals surface area (Å²) in [6.45, 7) is 12.6. The van der Waals surface area contributed by atoms with E-state index in [9.17, 15) is 9.59 Å². The fourth-order valence-electron chi connectivity index (χ4n) is 3.25. The van der Waals surface area contributed by atoms with E-state index in [0.717, 1.165) is 25.7 Å². The molecule has 1 aliphatic heterocycles. The van der Waals surface area contributed by atoms with Gasteiger partial charge >= 0.3 is 11.9 Å².